The van der Waals surface area contributed by atoms with Gasteiger partial charge in [0.15, 0.2) is 12.4 Å². The van der Waals surface area contributed by atoms with E-state index in [2.05, 4.69) is 20.8 Å². The average Bonchev–Trinajstić information content (AvgIpc) is 3.15. The zero-order chi connectivity index (χ0) is 18.9. The quantitative estimate of drug-likeness (QED) is 0.560. The summed E-state index contributed by atoms with van der Waals surface area (Å²) in [6.45, 7) is 7.29. The molecule has 3 rings (SSSR count). The van der Waals surface area contributed by atoms with E-state index in [1.165, 1.54) is 11.3 Å². The number of esters is 1. The molecular weight excluding hydrogens is 350 g/mol. The highest BCUT2D eigenvalue weighted by molar-refractivity contribution is 7.12. The lowest BCUT2D eigenvalue weighted by atomic mass is 9.65. The Morgan fingerprint density at radius 3 is 2.69 bits per heavy atom. The summed E-state index contributed by atoms with van der Waals surface area (Å²) in [6.07, 6.45) is 3.28. The molecule has 142 valence electrons. The fourth-order valence-corrected chi connectivity index (χ4v) is 5.52. The third-order valence-corrected chi connectivity index (χ3v) is 6.35. The first-order chi connectivity index (χ1) is 12.2. The average molecular weight is 378 g/mol. The first kappa shape index (κ1) is 19.1. The summed E-state index contributed by atoms with van der Waals surface area (Å²) in [4.78, 5) is 38.9. The molecule has 2 aliphatic rings. The standard InChI is InChI=1S/C20H27NO4S/c1-19(2)9-14-10-20(3,12-19)13-21(14)17(23)11-25-18(24)7-6-15(22)16-5-4-8-26-16/h4-5,8,14H,6-7,9-13H2,1-3H3/t14-,20-/m0/s1. The van der Waals surface area contributed by atoms with Crippen LogP contribution in [-0.2, 0) is 14.3 Å². The SMILES string of the molecule is CC1(C)C[C@H]2C[C@](C)(CN2C(=O)COC(=O)CCC(=O)c2cccs2)C1. The van der Waals surface area contributed by atoms with Crippen molar-refractivity contribution in [3.8, 4) is 0 Å². The second-order valence-corrected chi connectivity index (χ2v) is 9.74. The molecular formula is C20H27NO4S. The Hall–Kier alpha value is -1.69. The van der Waals surface area contributed by atoms with Crippen LogP contribution in [-0.4, -0.2) is 41.8 Å². The van der Waals surface area contributed by atoms with Crippen molar-refractivity contribution < 1.29 is 19.1 Å². The van der Waals surface area contributed by atoms with Crippen LogP contribution in [0.5, 0.6) is 0 Å². The van der Waals surface area contributed by atoms with Crippen LogP contribution >= 0.6 is 11.3 Å². The van der Waals surface area contributed by atoms with Crippen LogP contribution < -0.4 is 0 Å². The van der Waals surface area contributed by atoms with Crippen LogP contribution in [0.25, 0.3) is 0 Å². The van der Waals surface area contributed by atoms with E-state index in [-0.39, 0.29) is 48.0 Å². The lowest BCUT2D eigenvalue weighted by molar-refractivity contribution is -0.152. The molecule has 2 bridgehead atoms. The second kappa shape index (κ2) is 7.14. The van der Waals surface area contributed by atoms with Gasteiger partial charge < -0.3 is 9.64 Å². The summed E-state index contributed by atoms with van der Waals surface area (Å²) in [6, 6.07) is 3.80. The van der Waals surface area contributed by atoms with Crippen molar-refractivity contribution in [1.82, 2.24) is 4.90 Å². The molecule has 1 amide bonds. The maximum atomic E-state index is 12.6. The first-order valence-corrected chi connectivity index (χ1v) is 10.1. The lowest BCUT2D eigenvalue weighted by Gasteiger charge is -2.39. The number of carbonyl (C=O) groups is 3. The highest BCUT2D eigenvalue weighted by Gasteiger charge is 2.50. The van der Waals surface area contributed by atoms with Gasteiger partial charge in [0.25, 0.3) is 5.91 Å². The molecule has 1 aromatic heterocycles. The highest BCUT2D eigenvalue weighted by atomic mass is 32.1. The molecule has 2 atom stereocenters. The van der Waals surface area contributed by atoms with Gasteiger partial charge in [0, 0.05) is 19.0 Å². The molecule has 0 radical (unpaired) electrons. The Labute approximate surface area is 158 Å². The number of ether oxygens (including phenoxy) is 1. The number of rotatable bonds is 6. The van der Waals surface area contributed by atoms with Gasteiger partial charge in [-0.1, -0.05) is 26.8 Å². The molecule has 1 aromatic rings. The van der Waals surface area contributed by atoms with Crippen LogP contribution in [0, 0.1) is 10.8 Å². The van der Waals surface area contributed by atoms with E-state index in [4.69, 9.17) is 4.74 Å². The highest BCUT2D eigenvalue weighted by Crippen LogP contribution is 2.52. The van der Waals surface area contributed by atoms with Crippen LogP contribution in [0.1, 0.15) is 62.5 Å². The normalized spacial score (nSPS) is 26.6. The minimum Gasteiger partial charge on any atom is -0.456 e. The molecule has 1 aliphatic carbocycles. The number of Topliss-reactive ketones (excluding diaryl/α,β-unsaturated/α-hetero) is 1. The summed E-state index contributed by atoms with van der Waals surface area (Å²) in [5, 5.41) is 1.83. The molecule has 0 unspecified atom stereocenters. The Kier molecular flexibility index (Phi) is 5.24. The Morgan fingerprint density at radius 1 is 1.23 bits per heavy atom. The third kappa shape index (κ3) is 4.34. The molecule has 0 spiro atoms. The maximum absolute atomic E-state index is 12.6. The predicted molar refractivity (Wildman–Crippen MR) is 100 cm³/mol. The van der Waals surface area contributed by atoms with Crippen LogP contribution in [0.15, 0.2) is 17.5 Å². The van der Waals surface area contributed by atoms with Crippen LogP contribution in [0.2, 0.25) is 0 Å². The number of amides is 1. The fraction of sp³-hybridized carbons (Fsp3) is 0.650. The van der Waals surface area contributed by atoms with Gasteiger partial charge in [-0.15, -0.1) is 11.3 Å². The summed E-state index contributed by atoms with van der Waals surface area (Å²) >= 11 is 1.36. The van der Waals surface area contributed by atoms with Crippen LogP contribution in [0.4, 0.5) is 0 Å². The lowest BCUT2D eigenvalue weighted by Crippen LogP contribution is -2.39. The molecule has 1 saturated carbocycles. The van der Waals surface area contributed by atoms with Gasteiger partial charge in [0.1, 0.15) is 0 Å². The van der Waals surface area contributed by atoms with E-state index in [9.17, 15) is 14.4 Å². The van der Waals surface area contributed by atoms with E-state index in [1.54, 1.807) is 6.07 Å². The first-order valence-electron chi connectivity index (χ1n) is 9.19. The molecule has 2 fully saturated rings. The third-order valence-electron chi connectivity index (χ3n) is 5.44. The van der Waals surface area contributed by atoms with E-state index < -0.39 is 5.97 Å². The van der Waals surface area contributed by atoms with Gasteiger partial charge in [-0.2, -0.15) is 0 Å². The molecule has 6 heteroatoms. The van der Waals surface area contributed by atoms with Gasteiger partial charge in [-0.05, 0) is 41.5 Å². The number of thiophene rings is 1. The minimum absolute atomic E-state index is 0.0121. The molecule has 5 nitrogen and oxygen atoms in total. The minimum atomic E-state index is -0.489. The molecule has 0 aromatic carbocycles. The fourth-order valence-electron chi connectivity index (χ4n) is 4.82. The Morgan fingerprint density at radius 2 is 2.00 bits per heavy atom. The molecule has 0 N–H and O–H groups in total. The number of nitrogens with zero attached hydrogens (tertiary/aromatic N) is 1. The van der Waals surface area contributed by atoms with Gasteiger partial charge in [-0.3, -0.25) is 14.4 Å². The second-order valence-electron chi connectivity index (χ2n) is 8.80. The van der Waals surface area contributed by atoms with Gasteiger partial charge in [-0.25, -0.2) is 0 Å². The summed E-state index contributed by atoms with van der Waals surface area (Å²) in [5.41, 5.74) is 0.407. The zero-order valence-electron chi connectivity index (χ0n) is 15.7. The van der Waals surface area contributed by atoms with Crippen molar-refractivity contribution in [3.63, 3.8) is 0 Å². The van der Waals surface area contributed by atoms with Crippen molar-refractivity contribution in [2.24, 2.45) is 10.8 Å². The van der Waals surface area contributed by atoms with Crippen molar-refractivity contribution >= 4 is 29.0 Å². The van der Waals surface area contributed by atoms with Crippen molar-refractivity contribution in [3.05, 3.63) is 22.4 Å². The van der Waals surface area contributed by atoms with Crippen molar-refractivity contribution in [1.29, 1.82) is 0 Å². The monoisotopic (exact) mass is 377 g/mol. The molecule has 1 saturated heterocycles. The van der Waals surface area contributed by atoms with Gasteiger partial charge in [0.2, 0.25) is 0 Å². The van der Waals surface area contributed by atoms with E-state index >= 15 is 0 Å². The largest absolute Gasteiger partial charge is 0.456 e. The maximum Gasteiger partial charge on any atom is 0.306 e. The predicted octanol–water partition coefficient (Wildman–Crippen LogP) is 3.68. The molecule has 2 heterocycles. The Balaban J connectivity index is 1.45. The van der Waals surface area contributed by atoms with Crippen LogP contribution in [0.3, 0.4) is 0 Å². The summed E-state index contributed by atoms with van der Waals surface area (Å²) in [7, 11) is 0. The van der Waals surface area contributed by atoms with Crippen molar-refractivity contribution in [2.45, 2.75) is 58.9 Å². The topological polar surface area (TPSA) is 63.7 Å². The van der Waals surface area contributed by atoms with Crippen molar-refractivity contribution in [2.75, 3.05) is 13.2 Å². The van der Waals surface area contributed by atoms with Gasteiger partial charge in [0.05, 0.1) is 11.3 Å². The molecule has 26 heavy (non-hydrogen) atoms. The zero-order valence-corrected chi connectivity index (χ0v) is 16.6. The van der Waals surface area contributed by atoms with Gasteiger partial charge >= 0.3 is 5.97 Å². The summed E-state index contributed by atoms with van der Waals surface area (Å²) < 4.78 is 5.14. The number of hydrogen-bond donors (Lipinski definition) is 0. The number of ketones is 1. The van der Waals surface area contributed by atoms with E-state index in [0.717, 1.165) is 25.8 Å². The van der Waals surface area contributed by atoms with E-state index in [1.807, 2.05) is 16.3 Å². The summed E-state index contributed by atoms with van der Waals surface area (Å²) in [5.74, 6) is -0.668. The molecule has 1 aliphatic heterocycles. The number of carbonyl (C=O) groups excluding carboxylic acids is 3. The van der Waals surface area contributed by atoms with E-state index in [0.29, 0.717) is 4.88 Å². The number of fused-ring (bicyclic) bond motifs is 2. The Bertz CT molecular complexity index is 697. The number of likely N-dealkylation sites (tertiary alicyclic amines) is 1. The smallest absolute Gasteiger partial charge is 0.306 e. The number of hydrogen-bond acceptors (Lipinski definition) is 5.